The molecule has 0 radical (unpaired) electrons. The molecule has 0 aromatic heterocycles. The first-order chi connectivity index (χ1) is 9.24. The summed E-state index contributed by atoms with van der Waals surface area (Å²) in [5.41, 5.74) is -0.0971. The van der Waals surface area contributed by atoms with Crippen molar-refractivity contribution in [1.82, 2.24) is 0 Å². The number of carbonyl (C=O) groups excluding carboxylic acids is 1. The van der Waals surface area contributed by atoms with Crippen LogP contribution in [0.4, 0.5) is 13.2 Å². The van der Waals surface area contributed by atoms with Crippen LogP contribution in [0.15, 0.2) is 18.2 Å². The van der Waals surface area contributed by atoms with Crippen molar-refractivity contribution in [2.24, 2.45) is 0 Å². The van der Waals surface area contributed by atoms with Crippen molar-refractivity contribution in [3.63, 3.8) is 0 Å². The highest BCUT2D eigenvalue weighted by Crippen LogP contribution is 2.29. The van der Waals surface area contributed by atoms with Gasteiger partial charge in [-0.25, -0.2) is 4.79 Å². The van der Waals surface area contributed by atoms with Gasteiger partial charge in [0.15, 0.2) is 6.10 Å². The molecule has 0 amide bonds. The Morgan fingerprint density at radius 1 is 1.40 bits per heavy atom. The highest BCUT2D eigenvalue weighted by atomic mass is 19.4. The van der Waals surface area contributed by atoms with Gasteiger partial charge in [-0.3, -0.25) is 0 Å². The lowest BCUT2D eigenvalue weighted by Gasteiger charge is -2.15. The predicted octanol–water partition coefficient (Wildman–Crippen LogP) is 1.83. The maximum atomic E-state index is 12.2. The van der Waals surface area contributed by atoms with Gasteiger partial charge in [-0.15, -0.1) is 13.2 Å². The van der Waals surface area contributed by atoms with E-state index >= 15 is 0 Å². The van der Waals surface area contributed by atoms with Crippen LogP contribution in [0.3, 0.4) is 0 Å². The Kier molecular flexibility index (Phi) is 5.09. The zero-order valence-corrected chi connectivity index (χ0v) is 10.1. The molecule has 1 atom stereocenters. The number of hydrogen-bond donors (Lipinski definition) is 2. The van der Waals surface area contributed by atoms with Crippen molar-refractivity contribution in [2.45, 2.75) is 25.3 Å². The van der Waals surface area contributed by atoms with E-state index in [-0.39, 0.29) is 24.0 Å². The van der Waals surface area contributed by atoms with E-state index in [4.69, 9.17) is 5.11 Å². The molecule has 0 heterocycles. The average Bonchev–Trinajstić information content (AvgIpc) is 2.34. The molecule has 0 bridgehead atoms. The van der Waals surface area contributed by atoms with E-state index in [1.807, 2.05) is 0 Å². The number of hydrogen-bond acceptors (Lipinski definition) is 4. The maximum Gasteiger partial charge on any atom is 0.573 e. The molecule has 1 aromatic carbocycles. The standard InChI is InChI=1S/C12H11F3O5/c13-12(14,15)20-9-4-3-8(10(17)11(18)19)6-7(9)2-1-5-16/h3-6,10,17H,1-2H2,(H,18,19). The molecular formula is C12H11F3O5. The van der Waals surface area contributed by atoms with Gasteiger partial charge in [-0.05, 0) is 29.7 Å². The first kappa shape index (κ1) is 16.0. The minimum absolute atomic E-state index is 0.00720. The number of halogens is 3. The summed E-state index contributed by atoms with van der Waals surface area (Å²) >= 11 is 0. The van der Waals surface area contributed by atoms with E-state index in [9.17, 15) is 27.9 Å². The van der Waals surface area contributed by atoms with Crippen LogP contribution in [0.1, 0.15) is 23.7 Å². The molecular weight excluding hydrogens is 281 g/mol. The van der Waals surface area contributed by atoms with Crippen molar-refractivity contribution >= 4 is 12.3 Å². The molecule has 8 heteroatoms. The van der Waals surface area contributed by atoms with Gasteiger partial charge in [-0.1, -0.05) is 6.07 Å². The summed E-state index contributed by atoms with van der Waals surface area (Å²) in [5, 5.41) is 18.0. The van der Waals surface area contributed by atoms with Crippen molar-refractivity contribution in [3.05, 3.63) is 29.3 Å². The van der Waals surface area contributed by atoms with Crippen LogP contribution in [0.5, 0.6) is 5.75 Å². The molecule has 1 aromatic rings. The molecule has 0 spiro atoms. The third-order valence-electron chi connectivity index (χ3n) is 2.39. The van der Waals surface area contributed by atoms with Crippen LogP contribution in [-0.2, 0) is 16.0 Å². The van der Waals surface area contributed by atoms with Crippen molar-refractivity contribution in [3.8, 4) is 5.75 Å². The Labute approximate surface area is 111 Å². The van der Waals surface area contributed by atoms with Crippen LogP contribution in [-0.4, -0.2) is 28.8 Å². The molecule has 1 unspecified atom stereocenters. The number of carboxylic acids is 1. The normalized spacial score (nSPS) is 12.8. The van der Waals surface area contributed by atoms with Crippen LogP contribution >= 0.6 is 0 Å². The van der Waals surface area contributed by atoms with Crippen LogP contribution in [0, 0.1) is 0 Å². The summed E-state index contributed by atoms with van der Waals surface area (Å²) in [6.45, 7) is 0. The fourth-order valence-corrected chi connectivity index (χ4v) is 1.55. The molecule has 0 aliphatic rings. The number of aliphatic carboxylic acids is 1. The molecule has 0 saturated heterocycles. The second kappa shape index (κ2) is 6.38. The van der Waals surface area contributed by atoms with Crippen molar-refractivity contribution in [2.75, 3.05) is 0 Å². The highest BCUT2D eigenvalue weighted by Gasteiger charge is 2.32. The molecule has 1 rings (SSSR count). The molecule has 0 saturated carbocycles. The molecule has 0 aliphatic carbocycles. The van der Waals surface area contributed by atoms with Gasteiger partial charge in [0.2, 0.25) is 0 Å². The lowest BCUT2D eigenvalue weighted by molar-refractivity contribution is -0.274. The molecule has 0 fully saturated rings. The Bertz CT molecular complexity index is 498. The first-order valence-corrected chi connectivity index (χ1v) is 5.47. The number of ether oxygens (including phenoxy) is 1. The predicted molar refractivity (Wildman–Crippen MR) is 60.1 cm³/mol. The SMILES string of the molecule is O=CCCc1cc(C(O)C(=O)O)ccc1OC(F)(F)F. The lowest BCUT2D eigenvalue weighted by Crippen LogP contribution is -2.18. The van der Waals surface area contributed by atoms with E-state index in [0.29, 0.717) is 6.29 Å². The zero-order valence-electron chi connectivity index (χ0n) is 10.1. The summed E-state index contributed by atoms with van der Waals surface area (Å²) in [6, 6.07) is 3.00. The van der Waals surface area contributed by atoms with Crippen LogP contribution in [0.25, 0.3) is 0 Å². The number of aryl methyl sites for hydroxylation is 1. The number of aliphatic hydroxyl groups is 1. The average molecular weight is 292 g/mol. The molecule has 20 heavy (non-hydrogen) atoms. The van der Waals surface area contributed by atoms with Gasteiger partial charge in [0.05, 0.1) is 0 Å². The lowest BCUT2D eigenvalue weighted by atomic mass is 10.0. The second-order valence-corrected chi connectivity index (χ2v) is 3.86. The van der Waals surface area contributed by atoms with Gasteiger partial charge in [0.1, 0.15) is 12.0 Å². The number of aldehydes is 1. The van der Waals surface area contributed by atoms with E-state index in [0.717, 1.165) is 18.2 Å². The Hall–Kier alpha value is -2.09. The van der Waals surface area contributed by atoms with Crippen LogP contribution in [0.2, 0.25) is 0 Å². The largest absolute Gasteiger partial charge is 0.573 e. The van der Waals surface area contributed by atoms with Gasteiger partial charge in [-0.2, -0.15) is 0 Å². The third kappa shape index (κ3) is 4.54. The first-order valence-electron chi connectivity index (χ1n) is 5.47. The van der Waals surface area contributed by atoms with Gasteiger partial charge >= 0.3 is 12.3 Å². The fraction of sp³-hybridized carbons (Fsp3) is 0.333. The monoisotopic (exact) mass is 292 g/mol. The quantitative estimate of drug-likeness (QED) is 0.781. The van der Waals surface area contributed by atoms with E-state index in [1.54, 1.807) is 0 Å². The summed E-state index contributed by atoms with van der Waals surface area (Å²) < 4.78 is 40.4. The summed E-state index contributed by atoms with van der Waals surface area (Å²) in [7, 11) is 0. The van der Waals surface area contributed by atoms with E-state index in [2.05, 4.69) is 4.74 Å². The zero-order chi connectivity index (χ0) is 15.3. The molecule has 5 nitrogen and oxygen atoms in total. The topological polar surface area (TPSA) is 83.8 Å². The van der Waals surface area contributed by atoms with Gasteiger partial charge in [0.25, 0.3) is 0 Å². The number of rotatable bonds is 6. The smallest absolute Gasteiger partial charge is 0.479 e. The Morgan fingerprint density at radius 3 is 2.55 bits per heavy atom. The minimum atomic E-state index is -4.90. The number of alkyl halides is 3. The minimum Gasteiger partial charge on any atom is -0.479 e. The number of carbonyl (C=O) groups is 2. The Balaban J connectivity index is 3.11. The highest BCUT2D eigenvalue weighted by molar-refractivity contribution is 5.74. The van der Waals surface area contributed by atoms with Crippen LogP contribution < -0.4 is 4.74 Å². The van der Waals surface area contributed by atoms with Crippen molar-refractivity contribution in [1.29, 1.82) is 0 Å². The maximum absolute atomic E-state index is 12.2. The fourth-order valence-electron chi connectivity index (χ4n) is 1.55. The Morgan fingerprint density at radius 2 is 2.05 bits per heavy atom. The summed E-state index contributed by atoms with van der Waals surface area (Å²) in [5.74, 6) is -2.06. The van der Waals surface area contributed by atoms with Crippen molar-refractivity contribution < 1.29 is 37.7 Å². The summed E-state index contributed by atoms with van der Waals surface area (Å²) in [6.07, 6.45) is -6.36. The summed E-state index contributed by atoms with van der Waals surface area (Å²) in [4.78, 5) is 20.9. The number of carboxylic acid groups (broad SMARTS) is 1. The molecule has 0 aliphatic heterocycles. The third-order valence-corrected chi connectivity index (χ3v) is 2.39. The second-order valence-electron chi connectivity index (χ2n) is 3.86. The number of benzene rings is 1. The van der Waals surface area contributed by atoms with Gasteiger partial charge < -0.3 is 19.7 Å². The van der Waals surface area contributed by atoms with E-state index < -0.39 is 24.2 Å². The molecule has 110 valence electrons. The van der Waals surface area contributed by atoms with E-state index in [1.165, 1.54) is 0 Å². The molecule has 2 N–H and O–H groups in total. The van der Waals surface area contributed by atoms with Gasteiger partial charge in [0, 0.05) is 6.42 Å². The number of aliphatic hydroxyl groups excluding tert-OH is 1.